The van der Waals surface area contributed by atoms with E-state index in [-0.39, 0.29) is 0 Å². The lowest BCUT2D eigenvalue weighted by Gasteiger charge is -2.37. The summed E-state index contributed by atoms with van der Waals surface area (Å²) in [5.41, 5.74) is 0. The van der Waals surface area contributed by atoms with Gasteiger partial charge < -0.3 is 10.1 Å². The Balaban J connectivity index is 1.83. The highest BCUT2D eigenvalue weighted by atomic mass is 16.5. The van der Waals surface area contributed by atoms with Gasteiger partial charge in [0.2, 0.25) is 0 Å². The SMILES string of the molecule is CNC(C)CC(C)N1CC2CCC(C1)O2. The number of fused-ring (bicyclic) bond motifs is 2. The second kappa shape index (κ2) is 4.81. The molecule has 2 rings (SSSR count). The van der Waals surface area contributed by atoms with Gasteiger partial charge in [0, 0.05) is 25.2 Å². The van der Waals surface area contributed by atoms with Crippen LogP contribution in [0, 0.1) is 0 Å². The van der Waals surface area contributed by atoms with E-state index in [2.05, 4.69) is 24.1 Å². The van der Waals surface area contributed by atoms with Crippen molar-refractivity contribution < 1.29 is 4.74 Å². The summed E-state index contributed by atoms with van der Waals surface area (Å²) in [5, 5.41) is 3.32. The molecule has 0 saturated carbocycles. The summed E-state index contributed by atoms with van der Waals surface area (Å²) in [5.74, 6) is 0. The molecule has 88 valence electrons. The molecule has 4 unspecified atom stereocenters. The number of rotatable bonds is 4. The molecule has 1 N–H and O–H groups in total. The van der Waals surface area contributed by atoms with Gasteiger partial charge in [-0.15, -0.1) is 0 Å². The molecule has 0 aromatic rings. The van der Waals surface area contributed by atoms with E-state index in [1.807, 2.05) is 7.05 Å². The Labute approximate surface area is 93.2 Å². The summed E-state index contributed by atoms with van der Waals surface area (Å²) < 4.78 is 5.85. The number of ether oxygens (including phenoxy) is 1. The van der Waals surface area contributed by atoms with E-state index in [0.29, 0.717) is 24.3 Å². The highest BCUT2D eigenvalue weighted by Crippen LogP contribution is 2.27. The molecule has 0 radical (unpaired) electrons. The van der Waals surface area contributed by atoms with Crippen LogP contribution in [0.2, 0.25) is 0 Å². The zero-order chi connectivity index (χ0) is 10.8. The lowest BCUT2D eigenvalue weighted by molar-refractivity contribution is -0.0520. The molecule has 3 heteroatoms. The van der Waals surface area contributed by atoms with Crippen LogP contribution in [0.5, 0.6) is 0 Å². The third-order valence-electron chi connectivity index (χ3n) is 3.88. The predicted octanol–water partition coefficient (Wildman–Crippen LogP) is 1.24. The molecular formula is C12H24N2O. The van der Waals surface area contributed by atoms with E-state index in [4.69, 9.17) is 4.74 Å². The normalized spacial score (nSPS) is 35.4. The Hall–Kier alpha value is -0.120. The zero-order valence-corrected chi connectivity index (χ0v) is 10.2. The van der Waals surface area contributed by atoms with Crippen LogP contribution in [0.3, 0.4) is 0 Å². The van der Waals surface area contributed by atoms with Crippen LogP contribution in [0.25, 0.3) is 0 Å². The van der Waals surface area contributed by atoms with Gasteiger partial charge >= 0.3 is 0 Å². The minimum atomic E-state index is 0.524. The standard InChI is InChI=1S/C12H24N2O/c1-9(13-3)6-10(2)14-7-11-4-5-12(8-14)15-11/h9-13H,4-8H2,1-3H3. The van der Waals surface area contributed by atoms with E-state index in [1.165, 1.54) is 19.3 Å². The number of morpholine rings is 1. The van der Waals surface area contributed by atoms with Crippen LogP contribution in [0.1, 0.15) is 33.1 Å². The van der Waals surface area contributed by atoms with Gasteiger partial charge in [0.15, 0.2) is 0 Å². The van der Waals surface area contributed by atoms with Crippen LogP contribution in [-0.4, -0.2) is 49.3 Å². The second-order valence-corrected chi connectivity index (χ2v) is 5.19. The zero-order valence-electron chi connectivity index (χ0n) is 10.2. The maximum Gasteiger partial charge on any atom is 0.0707 e. The van der Waals surface area contributed by atoms with Gasteiger partial charge in [-0.1, -0.05) is 0 Å². The first-order valence-corrected chi connectivity index (χ1v) is 6.25. The number of hydrogen-bond donors (Lipinski definition) is 1. The maximum absolute atomic E-state index is 5.85. The predicted molar refractivity (Wildman–Crippen MR) is 62.1 cm³/mol. The average Bonchev–Trinajstić information content (AvgIpc) is 2.57. The van der Waals surface area contributed by atoms with Gasteiger partial charge in [-0.3, -0.25) is 4.90 Å². The van der Waals surface area contributed by atoms with Crippen molar-refractivity contribution in [2.75, 3.05) is 20.1 Å². The van der Waals surface area contributed by atoms with Crippen molar-refractivity contribution in [2.45, 2.75) is 57.4 Å². The van der Waals surface area contributed by atoms with Crippen LogP contribution < -0.4 is 5.32 Å². The van der Waals surface area contributed by atoms with Crippen molar-refractivity contribution in [1.29, 1.82) is 0 Å². The molecule has 3 nitrogen and oxygen atoms in total. The van der Waals surface area contributed by atoms with Gasteiger partial charge in [-0.2, -0.15) is 0 Å². The summed E-state index contributed by atoms with van der Waals surface area (Å²) >= 11 is 0. The summed E-state index contributed by atoms with van der Waals surface area (Å²) in [6.45, 7) is 6.90. The number of likely N-dealkylation sites (tertiary alicyclic amines) is 1. The van der Waals surface area contributed by atoms with Crippen LogP contribution in [-0.2, 0) is 4.74 Å². The number of hydrogen-bond acceptors (Lipinski definition) is 3. The van der Waals surface area contributed by atoms with Crippen molar-refractivity contribution in [3.8, 4) is 0 Å². The number of nitrogens with one attached hydrogen (secondary N) is 1. The molecule has 2 aliphatic rings. The summed E-state index contributed by atoms with van der Waals surface area (Å²) in [6, 6.07) is 1.29. The van der Waals surface area contributed by atoms with Gasteiger partial charge in [0.05, 0.1) is 12.2 Å². The van der Waals surface area contributed by atoms with E-state index < -0.39 is 0 Å². The Morgan fingerprint density at radius 2 is 1.87 bits per heavy atom. The van der Waals surface area contributed by atoms with Gasteiger partial charge in [0.1, 0.15) is 0 Å². The lowest BCUT2D eigenvalue weighted by Crippen LogP contribution is -2.48. The average molecular weight is 212 g/mol. The van der Waals surface area contributed by atoms with E-state index in [9.17, 15) is 0 Å². The molecule has 0 amide bonds. The Kier molecular flexibility index (Phi) is 3.65. The highest BCUT2D eigenvalue weighted by molar-refractivity contribution is 4.87. The van der Waals surface area contributed by atoms with Crippen LogP contribution in [0.15, 0.2) is 0 Å². The molecule has 0 spiro atoms. The van der Waals surface area contributed by atoms with Gasteiger partial charge in [-0.05, 0) is 40.2 Å². The molecular weight excluding hydrogens is 188 g/mol. The van der Waals surface area contributed by atoms with Crippen molar-refractivity contribution in [3.05, 3.63) is 0 Å². The molecule has 2 heterocycles. The molecule has 4 atom stereocenters. The third-order valence-corrected chi connectivity index (χ3v) is 3.88. The molecule has 2 saturated heterocycles. The fourth-order valence-electron chi connectivity index (χ4n) is 2.78. The first-order chi connectivity index (χ1) is 7.19. The summed E-state index contributed by atoms with van der Waals surface area (Å²) in [7, 11) is 2.04. The fraction of sp³-hybridized carbons (Fsp3) is 1.00. The van der Waals surface area contributed by atoms with Crippen LogP contribution >= 0.6 is 0 Å². The third kappa shape index (κ3) is 2.71. The Morgan fingerprint density at radius 3 is 2.40 bits per heavy atom. The number of nitrogens with zero attached hydrogens (tertiary/aromatic N) is 1. The largest absolute Gasteiger partial charge is 0.372 e. The van der Waals surface area contributed by atoms with Crippen molar-refractivity contribution in [3.63, 3.8) is 0 Å². The van der Waals surface area contributed by atoms with Crippen molar-refractivity contribution in [1.82, 2.24) is 10.2 Å². The summed E-state index contributed by atoms with van der Waals surface area (Å²) in [6.07, 6.45) is 4.83. The maximum atomic E-state index is 5.85. The topological polar surface area (TPSA) is 24.5 Å². The quantitative estimate of drug-likeness (QED) is 0.759. The molecule has 2 fully saturated rings. The minimum Gasteiger partial charge on any atom is -0.372 e. The second-order valence-electron chi connectivity index (χ2n) is 5.19. The monoisotopic (exact) mass is 212 g/mol. The fourth-order valence-corrected chi connectivity index (χ4v) is 2.78. The molecule has 0 aromatic carbocycles. The molecule has 2 aliphatic heterocycles. The lowest BCUT2D eigenvalue weighted by atomic mass is 10.1. The van der Waals surface area contributed by atoms with Crippen molar-refractivity contribution >= 4 is 0 Å². The highest BCUT2D eigenvalue weighted by Gasteiger charge is 2.35. The molecule has 0 aromatic heterocycles. The first-order valence-electron chi connectivity index (χ1n) is 6.25. The minimum absolute atomic E-state index is 0.524. The van der Waals surface area contributed by atoms with E-state index >= 15 is 0 Å². The molecule has 0 aliphatic carbocycles. The smallest absolute Gasteiger partial charge is 0.0707 e. The van der Waals surface area contributed by atoms with E-state index in [1.54, 1.807) is 0 Å². The summed E-state index contributed by atoms with van der Waals surface area (Å²) in [4.78, 5) is 2.61. The molecule has 15 heavy (non-hydrogen) atoms. The Bertz CT molecular complexity index is 198. The van der Waals surface area contributed by atoms with Crippen LogP contribution in [0.4, 0.5) is 0 Å². The van der Waals surface area contributed by atoms with Crippen molar-refractivity contribution in [2.24, 2.45) is 0 Å². The first kappa shape index (κ1) is 11.4. The van der Waals surface area contributed by atoms with E-state index in [0.717, 1.165) is 13.1 Å². The van der Waals surface area contributed by atoms with Gasteiger partial charge in [-0.25, -0.2) is 0 Å². The molecule has 2 bridgehead atoms. The van der Waals surface area contributed by atoms with Gasteiger partial charge in [0.25, 0.3) is 0 Å². The Morgan fingerprint density at radius 1 is 1.27 bits per heavy atom.